The van der Waals surface area contributed by atoms with Crippen LogP contribution >= 0.6 is 11.8 Å². The number of para-hydroxylation sites is 1. The van der Waals surface area contributed by atoms with E-state index < -0.39 is 0 Å². The zero-order chi connectivity index (χ0) is 24.8. The van der Waals surface area contributed by atoms with Gasteiger partial charge in [-0.1, -0.05) is 54.2 Å². The summed E-state index contributed by atoms with van der Waals surface area (Å²) in [7, 11) is 3.26. The number of thioether (sulfide) groups is 1. The molecule has 1 amide bonds. The summed E-state index contributed by atoms with van der Waals surface area (Å²) in [6.45, 7) is 3.96. The minimum atomic E-state index is -0.323. The average Bonchev–Trinajstić information content (AvgIpc) is 3.26. The fraction of sp³-hybridized carbons (Fsp3) is 0.222. The van der Waals surface area contributed by atoms with Crippen molar-refractivity contribution >= 4 is 17.7 Å². The number of nitrogens with one attached hydrogen (secondary N) is 1. The molecule has 0 aliphatic rings. The van der Waals surface area contributed by atoms with Gasteiger partial charge in [0.1, 0.15) is 17.3 Å². The normalized spacial score (nSPS) is 10.9. The van der Waals surface area contributed by atoms with Crippen molar-refractivity contribution in [3.8, 4) is 17.2 Å². The molecule has 1 N–H and O–H groups in total. The molecule has 0 atom stereocenters. The Labute approximate surface area is 209 Å². The molecule has 0 aliphatic heterocycles. The number of ether oxygens (including phenoxy) is 2. The second-order valence-corrected chi connectivity index (χ2v) is 8.93. The van der Waals surface area contributed by atoms with Crippen LogP contribution in [-0.4, -0.2) is 40.6 Å². The summed E-state index contributed by atoms with van der Waals surface area (Å²) in [4.78, 5) is 13.1. The quantitative estimate of drug-likeness (QED) is 0.338. The topological polar surface area (TPSA) is 78.3 Å². The summed E-state index contributed by atoms with van der Waals surface area (Å²) in [6, 6.07) is 23.1. The fourth-order valence-electron chi connectivity index (χ4n) is 3.81. The van der Waals surface area contributed by atoms with Gasteiger partial charge in [-0.25, -0.2) is 0 Å². The number of benzene rings is 3. The summed E-state index contributed by atoms with van der Waals surface area (Å²) >= 11 is 1.36. The zero-order valence-electron chi connectivity index (χ0n) is 20.2. The smallest absolute Gasteiger partial charge is 0.231 e. The molecule has 0 bridgehead atoms. The van der Waals surface area contributed by atoms with Gasteiger partial charge in [0.25, 0.3) is 0 Å². The van der Waals surface area contributed by atoms with E-state index in [1.807, 2.05) is 91.2 Å². The van der Waals surface area contributed by atoms with Crippen molar-refractivity contribution in [2.45, 2.75) is 25.0 Å². The molecule has 0 fully saturated rings. The van der Waals surface area contributed by atoms with Crippen molar-refractivity contribution in [3.05, 3.63) is 95.3 Å². The summed E-state index contributed by atoms with van der Waals surface area (Å²) in [5.41, 5.74) is 4.02. The van der Waals surface area contributed by atoms with Crippen LogP contribution in [0.4, 0.5) is 0 Å². The van der Waals surface area contributed by atoms with E-state index in [0.29, 0.717) is 5.16 Å². The average molecular weight is 489 g/mol. The van der Waals surface area contributed by atoms with Crippen LogP contribution in [0.15, 0.2) is 78.0 Å². The summed E-state index contributed by atoms with van der Waals surface area (Å²) in [6.07, 6.45) is 0. The monoisotopic (exact) mass is 488 g/mol. The highest BCUT2D eigenvalue weighted by molar-refractivity contribution is 7.99. The number of nitrogens with zero attached hydrogens (tertiary/aromatic N) is 3. The first kappa shape index (κ1) is 24.3. The molecule has 8 heteroatoms. The molecule has 1 aromatic heterocycles. The zero-order valence-corrected chi connectivity index (χ0v) is 21.0. The number of carbonyl (C=O) groups is 1. The first-order chi connectivity index (χ1) is 17.0. The fourth-order valence-corrected chi connectivity index (χ4v) is 4.61. The molecule has 0 saturated carbocycles. The standard InChI is InChI=1S/C27H28N4O3S/c1-18-7-5-6-8-24(18)31-19(2)29-30-27(31)35-17-25(32)28-26(20-9-13-22(33-3)14-10-20)21-11-15-23(34-4)16-12-21/h5-16,26H,17H2,1-4H3,(H,28,32). The highest BCUT2D eigenvalue weighted by Crippen LogP contribution is 2.27. The second-order valence-electron chi connectivity index (χ2n) is 7.99. The Balaban J connectivity index is 1.53. The first-order valence-electron chi connectivity index (χ1n) is 11.2. The van der Waals surface area contributed by atoms with Gasteiger partial charge in [-0.2, -0.15) is 0 Å². The molecule has 0 radical (unpaired) electrons. The van der Waals surface area contributed by atoms with Gasteiger partial charge in [0.2, 0.25) is 5.91 Å². The molecule has 7 nitrogen and oxygen atoms in total. The third-order valence-electron chi connectivity index (χ3n) is 5.69. The van der Waals surface area contributed by atoms with Crippen molar-refractivity contribution in [1.82, 2.24) is 20.1 Å². The van der Waals surface area contributed by atoms with Crippen molar-refractivity contribution in [1.29, 1.82) is 0 Å². The van der Waals surface area contributed by atoms with Gasteiger partial charge in [0.15, 0.2) is 5.16 Å². The highest BCUT2D eigenvalue weighted by Gasteiger charge is 2.19. The molecule has 0 unspecified atom stereocenters. The SMILES string of the molecule is COc1ccc(C(NC(=O)CSc2nnc(C)n2-c2ccccc2C)c2ccc(OC)cc2)cc1. The number of hydrogen-bond donors (Lipinski definition) is 1. The molecule has 180 valence electrons. The van der Waals surface area contributed by atoms with Crippen LogP contribution in [0.2, 0.25) is 0 Å². The Morgan fingerprint density at radius 2 is 1.46 bits per heavy atom. The lowest BCUT2D eigenvalue weighted by atomic mass is 9.98. The Bertz CT molecular complexity index is 1240. The van der Waals surface area contributed by atoms with Crippen LogP contribution in [0.1, 0.15) is 28.6 Å². The van der Waals surface area contributed by atoms with Crippen LogP contribution < -0.4 is 14.8 Å². The van der Waals surface area contributed by atoms with E-state index in [2.05, 4.69) is 15.5 Å². The Hall–Kier alpha value is -3.78. The molecule has 4 rings (SSSR count). The van der Waals surface area contributed by atoms with Gasteiger partial charge < -0.3 is 14.8 Å². The largest absolute Gasteiger partial charge is 0.497 e. The number of hydrogen-bond acceptors (Lipinski definition) is 6. The molecule has 3 aromatic carbocycles. The molecular weight excluding hydrogens is 460 g/mol. The van der Waals surface area contributed by atoms with Gasteiger partial charge in [-0.3, -0.25) is 9.36 Å². The van der Waals surface area contributed by atoms with E-state index in [4.69, 9.17) is 9.47 Å². The van der Waals surface area contributed by atoms with Crippen LogP contribution in [0.5, 0.6) is 11.5 Å². The number of aromatic nitrogens is 3. The van der Waals surface area contributed by atoms with Gasteiger partial charge in [0, 0.05) is 0 Å². The van der Waals surface area contributed by atoms with Gasteiger partial charge in [0.05, 0.1) is 31.7 Å². The molecule has 1 heterocycles. The summed E-state index contributed by atoms with van der Waals surface area (Å²) in [5.74, 6) is 2.39. The van der Waals surface area contributed by atoms with Gasteiger partial charge >= 0.3 is 0 Å². The third-order valence-corrected chi connectivity index (χ3v) is 6.62. The van der Waals surface area contributed by atoms with E-state index in [1.165, 1.54) is 11.8 Å². The molecule has 0 saturated heterocycles. The van der Waals surface area contributed by atoms with Crippen LogP contribution in [0, 0.1) is 13.8 Å². The molecular formula is C27H28N4O3S. The van der Waals surface area contributed by atoms with E-state index in [-0.39, 0.29) is 17.7 Å². The predicted octanol–water partition coefficient (Wildman–Crippen LogP) is 4.90. The molecule has 35 heavy (non-hydrogen) atoms. The maximum atomic E-state index is 13.1. The summed E-state index contributed by atoms with van der Waals surface area (Å²) < 4.78 is 12.6. The lowest BCUT2D eigenvalue weighted by molar-refractivity contribution is -0.119. The van der Waals surface area contributed by atoms with Crippen molar-refractivity contribution < 1.29 is 14.3 Å². The summed E-state index contributed by atoms with van der Waals surface area (Å²) in [5, 5.41) is 12.4. The first-order valence-corrected chi connectivity index (χ1v) is 12.2. The lowest BCUT2D eigenvalue weighted by Crippen LogP contribution is -2.30. The lowest BCUT2D eigenvalue weighted by Gasteiger charge is -2.20. The predicted molar refractivity (Wildman–Crippen MR) is 138 cm³/mol. The Morgan fingerprint density at radius 3 is 2.00 bits per heavy atom. The molecule has 0 spiro atoms. The number of methoxy groups -OCH3 is 2. The van der Waals surface area contributed by atoms with E-state index in [9.17, 15) is 4.79 Å². The van der Waals surface area contributed by atoms with Crippen LogP contribution in [0.25, 0.3) is 5.69 Å². The van der Waals surface area contributed by atoms with Crippen molar-refractivity contribution in [2.75, 3.05) is 20.0 Å². The number of rotatable bonds is 9. The van der Waals surface area contributed by atoms with Crippen molar-refractivity contribution in [3.63, 3.8) is 0 Å². The van der Waals surface area contributed by atoms with Gasteiger partial charge in [-0.05, 0) is 60.9 Å². The maximum absolute atomic E-state index is 13.1. The van der Waals surface area contributed by atoms with Crippen LogP contribution in [0.3, 0.4) is 0 Å². The number of aryl methyl sites for hydroxylation is 2. The second kappa shape index (κ2) is 11.1. The van der Waals surface area contributed by atoms with E-state index >= 15 is 0 Å². The Kier molecular flexibility index (Phi) is 7.72. The minimum absolute atomic E-state index is 0.108. The molecule has 4 aromatic rings. The number of amides is 1. The third kappa shape index (κ3) is 5.66. The Morgan fingerprint density at radius 1 is 0.886 bits per heavy atom. The highest BCUT2D eigenvalue weighted by atomic mass is 32.2. The minimum Gasteiger partial charge on any atom is -0.497 e. The van der Waals surface area contributed by atoms with Crippen LogP contribution in [-0.2, 0) is 4.79 Å². The van der Waals surface area contributed by atoms with Crippen molar-refractivity contribution in [2.24, 2.45) is 0 Å². The molecule has 0 aliphatic carbocycles. The van der Waals surface area contributed by atoms with E-state index in [1.54, 1.807) is 14.2 Å². The van der Waals surface area contributed by atoms with Gasteiger partial charge in [-0.15, -0.1) is 10.2 Å². The maximum Gasteiger partial charge on any atom is 0.231 e. The van der Waals surface area contributed by atoms with E-state index in [0.717, 1.165) is 39.7 Å². The number of carbonyl (C=O) groups excluding carboxylic acids is 1.